The van der Waals surface area contributed by atoms with E-state index in [2.05, 4.69) is 72.0 Å². The standard InChI is InChI=1S/C26H24ClNO/c27-25-13-7-5-11-22(25)19-29-26-15-14-21-10-4-6-12-23(21)24(26)18-28-17-16-20-8-2-1-3-9-20/h1-15,28H,16-19H2. The van der Waals surface area contributed by atoms with Crippen molar-refractivity contribution in [3.8, 4) is 5.75 Å². The zero-order valence-corrected chi connectivity index (χ0v) is 17.0. The minimum absolute atomic E-state index is 0.453. The van der Waals surface area contributed by atoms with Crippen LogP contribution < -0.4 is 10.1 Å². The summed E-state index contributed by atoms with van der Waals surface area (Å²) in [4.78, 5) is 0. The van der Waals surface area contributed by atoms with Crippen molar-refractivity contribution >= 4 is 22.4 Å². The number of ether oxygens (including phenoxy) is 1. The van der Waals surface area contributed by atoms with E-state index in [0.29, 0.717) is 6.61 Å². The fourth-order valence-corrected chi connectivity index (χ4v) is 3.69. The van der Waals surface area contributed by atoms with Gasteiger partial charge in [-0.15, -0.1) is 0 Å². The third kappa shape index (κ3) is 4.97. The first-order valence-corrected chi connectivity index (χ1v) is 10.3. The smallest absolute Gasteiger partial charge is 0.124 e. The van der Waals surface area contributed by atoms with Gasteiger partial charge in [-0.05, 0) is 41.4 Å². The SMILES string of the molecule is Clc1ccccc1COc1ccc2ccccc2c1CNCCc1ccccc1. The highest BCUT2D eigenvalue weighted by atomic mass is 35.5. The summed E-state index contributed by atoms with van der Waals surface area (Å²) in [7, 11) is 0. The van der Waals surface area contributed by atoms with E-state index in [0.717, 1.165) is 35.8 Å². The molecule has 0 unspecified atom stereocenters. The summed E-state index contributed by atoms with van der Waals surface area (Å²) in [5, 5.41) is 6.76. The van der Waals surface area contributed by atoms with E-state index >= 15 is 0 Å². The Morgan fingerprint density at radius 3 is 2.38 bits per heavy atom. The number of hydrogen-bond donors (Lipinski definition) is 1. The zero-order valence-electron chi connectivity index (χ0n) is 16.3. The summed E-state index contributed by atoms with van der Waals surface area (Å²) in [6, 6.07) is 31.0. The Labute approximate surface area is 177 Å². The van der Waals surface area contributed by atoms with E-state index in [1.807, 2.05) is 24.3 Å². The summed E-state index contributed by atoms with van der Waals surface area (Å²) >= 11 is 6.29. The first-order valence-electron chi connectivity index (χ1n) is 9.93. The van der Waals surface area contributed by atoms with E-state index in [4.69, 9.17) is 16.3 Å². The molecule has 0 aliphatic heterocycles. The van der Waals surface area contributed by atoms with Gasteiger partial charge in [-0.25, -0.2) is 0 Å². The quantitative estimate of drug-likeness (QED) is 0.345. The van der Waals surface area contributed by atoms with Crippen LogP contribution in [0.25, 0.3) is 10.8 Å². The molecular formula is C26H24ClNO. The van der Waals surface area contributed by atoms with Crippen molar-refractivity contribution in [2.45, 2.75) is 19.6 Å². The van der Waals surface area contributed by atoms with E-state index in [-0.39, 0.29) is 0 Å². The molecule has 0 amide bonds. The second-order valence-corrected chi connectivity index (χ2v) is 7.46. The van der Waals surface area contributed by atoms with Gasteiger partial charge in [0.1, 0.15) is 12.4 Å². The summed E-state index contributed by atoms with van der Waals surface area (Å²) in [6.07, 6.45) is 1.00. The lowest BCUT2D eigenvalue weighted by Crippen LogP contribution is -2.17. The Morgan fingerprint density at radius 1 is 0.759 bits per heavy atom. The van der Waals surface area contributed by atoms with E-state index in [1.165, 1.54) is 21.9 Å². The molecule has 4 rings (SSSR count). The number of benzene rings is 4. The van der Waals surface area contributed by atoms with Gasteiger partial charge in [-0.3, -0.25) is 0 Å². The van der Waals surface area contributed by atoms with Crippen molar-refractivity contribution in [3.05, 3.63) is 113 Å². The number of rotatable bonds is 8. The molecule has 0 aliphatic rings. The van der Waals surface area contributed by atoms with Crippen molar-refractivity contribution in [1.82, 2.24) is 5.32 Å². The van der Waals surface area contributed by atoms with Gasteiger partial charge in [0.15, 0.2) is 0 Å². The Bertz CT molecular complexity index is 1080. The van der Waals surface area contributed by atoms with Gasteiger partial charge in [-0.2, -0.15) is 0 Å². The summed E-state index contributed by atoms with van der Waals surface area (Å²) in [6.45, 7) is 2.12. The lowest BCUT2D eigenvalue weighted by Gasteiger charge is -2.16. The van der Waals surface area contributed by atoms with Crippen LogP contribution in [0.2, 0.25) is 5.02 Å². The maximum atomic E-state index is 6.29. The Kier molecular flexibility index (Phi) is 6.45. The summed E-state index contributed by atoms with van der Waals surface area (Å²) in [5.41, 5.74) is 3.52. The van der Waals surface area contributed by atoms with Crippen LogP contribution in [-0.4, -0.2) is 6.54 Å². The van der Waals surface area contributed by atoms with Crippen LogP contribution in [0.3, 0.4) is 0 Å². The van der Waals surface area contributed by atoms with Gasteiger partial charge in [0.2, 0.25) is 0 Å². The van der Waals surface area contributed by atoms with Crippen molar-refractivity contribution < 1.29 is 4.74 Å². The highest BCUT2D eigenvalue weighted by molar-refractivity contribution is 6.31. The average Bonchev–Trinajstić information content (AvgIpc) is 2.77. The maximum Gasteiger partial charge on any atom is 0.124 e. The molecule has 29 heavy (non-hydrogen) atoms. The zero-order chi connectivity index (χ0) is 19.9. The number of nitrogens with one attached hydrogen (secondary N) is 1. The first kappa shape index (κ1) is 19.5. The van der Waals surface area contributed by atoms with E-state index in [1.54, 1.807) is 0 Å². The molecule has 4 aromatic carbocycles. The molecule has 0 saturated carbocycles. The molecule has 3 heteroatoms. The molecule has 0 heterocycles. The fraction of sp³-hybridized carbons (Fsp3) is 0.154. The van der Waals surface area contributed by atoms with E-state index in [9.17, 15) is 0 Å². The topological polar surface area (TPSA) is 21.3 Å². The molecule has 0 aliphatic carbocycles. The summed E-state index contributed by atoms with van der Waals surface area (Å²) < 4.78 is 6.20. The van der Waals surface area contributed by atoms with Crippen LogP contribution in [0.5, 0.6) is 5.75 Å². The third-order valence-corrected chi connectivity index (χ3v) is 5.44. The van der Waals surface area contributed by atoms with Crippen LogP contribution in [0.4, 0.5) is 0 Å². The molecular weight excluding hydrogens is 378 g/mol. The van der Waals surface area contributed by atoms with Gasteiger partial charge in [0, 0.05) is 22.7 Å². The maximum absolute atomic E-state index is 6.29. The second-order valence-electron chi connectivity index (χ2n) is 7.06. The predicted octanol–water partition coefficient (Wildman–Crippen LogP) is 6.40. The lowest BCUT2D eigenvalue weighted by atomic mass is 10.0. The van der Waals surface area contributed by atoms with Crippen molar-refractivity contribution in [1.29, 1.82) is 0 Å². The predicted molar refractivity (Wildman–Crippen MR) is 122 cm³/mol. The molecule has 0 radical (unpaired) electrons. The molecule has 1 N–H and O–H groups in total. The largest absolute Gasteiger partial charge is 0.488 e. The molecule has 146 valence electrons. The van der Waals surface area contributed by atoms with E-state index < -0.39 is 0 Å². The molecule has 0 saturated heterocycles. The highest BCUT2D eigenvalue weighted by Gasteiger charge is 2.10. The van der Waals surface area contributed by atoms with Crippen LogP contribution in [-0.2, 0) is 19.6 Å². The Balaban J connectivity index is 1.50. The fourth-order valence-electron chi connectivity index (χ4n) is 3.50. The van der Waals surface area contributed by atoms with Crippen molar-refractivity contribution in [2.24, 2.45) is 0 Å². The Hall–Kier alpha value is -2.81. The molecule has 0 atom stereocenters. The normalized spacial score (nSPS) is 10.9. The van der Waals surface area contributed by atoms with Crippen molar-refractivity contribution in [2.75, 3.05) is 6.54 Å². The molecule has 0 bridgehead atoms. The second kappa shape index (κ2) is 9.60. The number of hydrogen-bond acceptors (Lipinski definition) is 2. The Morgan fingerprint density at radius 2 is 1.52 bits per heavy atom. The molecule has 4 aromatic rings. The average molecular weight is 402 g/mol. The van der Waals surface area contributed by atoms with Crippen LogP contribution in [0.1, 0.15) is 16.7 Å². The molecule has 0 spiro atoms. The summed E-state index contributed by atoms with van der Waals surface area (Å²) in [5.74, 6) is 0.899. The van der Waals surface area contributed by atoms with Gasteiger partial charge in [0.05, 0.1) is 0 Å². The lowest BCUT2D eigenvalue weighted by molar-refractivity contribution is 0.303. The van der Waals surface area contributed by atoms with Crippen LogP contribution >= 0.6 is 11.6 Å². The third-order valence-electron chi connectivity index (χ3n) is 5.07. The number of fused-ring (bicyclic) bond motifs is 1. The van der Waals surface area contributed by atoms with Gasteiger partial charge < -0.3 is 10.1 Å². The van der Waals surface area contributed by atoms with Gasteiger partial charge in [-0.1, -0.05) is 90.5 Å². The number of halogens is 1. The van der Waals surface area contributed by atoms with Crippen LogP contribution in [0, 0.1) is 0 Å². The van der Waals surface area contributed by atoms with Gasteiger partial charge in [0.25, 0.3) is 0 Å². The molecule has 0 aromatic heterocycles. The van der Waals surface area contributed by atoms with Gasteiger partial charge >= 0.3 is 0 Å². The highest BCUT2D eigenvalue weighted by Crippen LogP contribution is 2.29. The molecule has 2 nitrogen and oxygen atoms in total. The first-order chi connectivity index (χ1) is 14.3. The molecule has 0 fully saturated rings. The minimum Gasteiger partial charge on any atom is -0.488 e. The monoisotopic (exact) mass is 401 g/mol. The van der Waals surface area contributed by atoms with Crippen LogP contribution in [0.15, 0.2) is 91.0 Å². The van der Waals surface area contributed by atoms with Crippen molar-refractivity contribution in [3.63, 3.8) is 0 Å². The minimum atomic E-state index is 0.453.